The number of anilines is 2. The molecule has 1 unspecified atom stereocenters. The molecule has 0 spiro atoms. The van der Waals surface area contributed by atoms with E-state index in [-0.39, 0.29) is 48.3 Å². The zero-order valence-electron chi connectivity index (χ0n) is 24.3. The molecule has 3 aromatic rings. The molecular weight excluding hydrogens is 599 g/mol. The van der Waals surface area contributed by atoms with Gasteiger partial charge in [-0.3, -0.25) is 14.5 Å². The van der Waals surface area contributed by atoms with E-state index in [4.69, 9.17) is 16.6 Å². The summed E-state index contributed by atoms with van der Waals surface area (Å²) in [4.78, 5) is 43.4. The fraction of sp³-hybridized carbons (Fsp3) is 0.448. The molecule has 0 aliphatic carbocycles. The summed E-state index contributed by atoms with van der Waals surface area (Å²) in [5.41, 5.74) is -2.68. The van der Waals surface area contributed by atoms with Gasteiger partial charge >= 0.3 is 6.18 Å². The third kappa shape index (κ3) is 5.69. The van der Waals surface area contributed by atoms with Crippen LogP contribution in [-0.4, -0.2) is 93.4 Å². The van der Waals surface area contributed by atoms with Crippen molar-refractivity contribution in [3.63, 3.8) is 0 Å². The number of halogens is 4. The van der Waals surface area contributed by atoms with Crippen molar-refractivity contribution in [2.75, 3.05) is 55.6 Å². The number of hydrogen-bond donors (Lipinski definition) is 0. The number of alkyl halides is 3. The van der Waals surface area contributed by atoms with Gasteiger partial charge in [0.1, 0.15) is 11.3 Å². The summed E-state index contributed by atoms with van der Waals surface area (Å²) in [7, 11) is 0. The third-order valence-electron chi connectivity index (χ3n) is 8.16. The van der Waals surface area contributed by atoms with Crippen LogP contribution in [0.2, 0.25) is 5.02 Å². The summed E-state index contributed by atoms with van der Waals surface area (Å²) in [6.07, 6.45) is -2.32. The number of nitriles is 1. The molecule has 0 radical (unpaired) electrons. The number of piperazine rings is 1. The summed E-state index contributed by atoms with van der Waals surface area (Å²) in [5, 5.41) is 13.2. The van der Waals surface area contributed by atoms with Gasteiger partial charge < -0.3 is 14.7 Å². The lowest BCUT2D eigenvalue weighted by atomic mass is 10.1. The first kappa shape index (κ1) is 31.2. The molecule has 2 aliphatic rings. The van der Waals surface area contributed by atoms with Crippen LogP contribution >= 0.6 is 11.6 Å². The molecule has 4 heterocycles. The zero-order valence-corrected chi connectivity index (χ0v) is 25.0. The fourth-order valence-electron chi connectivity index (χ4n) is 5.84. The van der Waals surface area contributed by atoms with E-state index in [1.54, 1.807) is 4.90 Å². The minimum atomic E-state index is -4.85. The molecule has 232 valence electrons. The highest BCUT2D eigenvalue weighted by molar-refractivity contribution is 6.31. The summed E-state index contributed by atoms with van der Waals surface area (Å²) >= 11 is 5.94. The minimum Gasteiger partial charge on any atom is -0.352 e. The zero-order chi connectivity index (χ0) is 31.8. The summed E-state index contributed by atoms with van der Waals surface area (Å²) < 4.78 is 42.7. The quantitative estimate of drug-likeness (QED) is 0.346. The lowest BCUT2D eigenvalue weighted by molar-refractivity contribution is -0.137. The Kier molecular flexibility index (Phi) is 8.80. The van der Waals surface area contributed by atoms with Crippen molar-refractivity contribution in [1.82, 2.24) is 29.5 Å². The van der Waals surface area contributed by atoms with E-state index in [9.17, 15) is 28.0 Å². The number of carbonyl (C=O) groups excluding carboxylic acids is 1. The van der Waals surface area contributed by atoms with Crippen LogP contribution in [0.15, 0.2) is 41.8 Å². The first-order valence-electron chi connectivity index (χ1n) is 14.2. The Morgan fingerprint density at radius 1 is 1.18 bits per heavy atom. The number of benzene rings is 1. The normalized spacial score (nSPS) is 17.6. The van der Waals surface area contributed by atoms with E-state index in [0.29, 0.717) is 30.1 Å². The van der Waals surface area contributed by atoms with Gasteiger partial charge in [-0.2, -0.15) is 33.2 Å². The molecule has 0 saturated carbocycles. The molecule has 2 aromatic heterocycles. The summed E-state index contributed by atoms with van der Waals surface area (Å²) in [6.45, 7) is 11.5. The van der Waals surface area contributed by atoms with E-state index in [2.05, 4.69) is 41.5 Å². The molecule has 1 aromatic carbocycles. The van der Waals surface area contributed by atoms with E-state index in [1.807, 2.05) is 9.80 Å². The van der Waals surface area contributed by atoms with Gasteiger partial charge in [0.15, 0.2) is 0 Å². The van der Waals surface area contributed by atoms with E-state index >= 15 is 0 Å². The molecule has 1 atom stereocenters. The van der Waals surface area contributed by atoms with E-state index in [1.165, 1.54) is 18.3 Å². The Bertz CT molecular complexity index is 1680. The van der Waals surface area contributed by atoms with Crippen LogP contribution in [0.5, 0.6) is 0 Å². The number of nitrogens with zero attached hydrogens (tertiary/aromatic N) is 9. The van der Waals surface area contributed by atoms with Crippen molar-refractivity contribution < 1.29 is 18.0 Å². The first-order chi connectivity index (χ1) is 21.0. The van der Waals surface area contributed by atoms with Crippen LogP contribution in [0, 0.1) is 11.3 Å². The van der Waals surface area contributed by atoms with Crippen LogP contribution in [0.1, 0.15) is 25.8 Å². The first-order valence-corrected chi connectivity index (χ1v) is 14.6. The topological polar surface area (TPSA) is 114 Å². The number of fused-ring (bicyclic) bond motifs is 1. The van der Waals surface area contributed by atoms with Crippen LogP contribution in [0.3, 0.4) is 0 Å². The number of aromatic nitrogens is 4. The fourth-order valence-corrected chi connectivity index (χ4v) is 6.12. The van der Waals surface area contributed by atoms with Crippen molar-refractivity contribution in [2.24, 2.45) is 0 Å². The Labute approximate surface area is 256 Å². The average molecular weight is 630 g/mol. The van der Waals surface area contributed by atoms with E-state index in [0.717, 1.165) is 25.2 Å². The maximum atomic E-state index is 14.0. The van der Waals surface area contributed by atoms with Crippen molar-refractivity contribution in [2.45, 2.75) is 38.5 Å². The molecule has 2 aliphatic heterocycles. The van der Waals surface area contributed by atoms with Gasteiger partial charge in [0.25, 0.3) is 5.56 Å². The molecule has 2 fully saturated rings. The van der Waals surface area contributed by atoms with Gasteiger partial charge in [-0.15, -0.1) is 0 Å². The molecule has 15 heteroatoms. The van der Waals surface area contributed by atoms with Crippen LogP contribution in [-0.2, 0) is 11.0 Å². The highest BCUT2D eigenvalue weighted by Gasteiger charge is 2.38. The van der Waals surface area contributed by atoms with E-state index < -0.39 is 34.1 Å². The minimum absolute atomic E-state index is 0.0592. The third-order valence-corrected chi connectivity index (χ3v) is 8.47. The molecular formula is C29H31ClF3N9O2. The SMILES string of the molecule is C=CC(=O)N1CCN(c2nc(N3CC(N(CC)CC)C3)nc3c(=O)n(-c4cccc(Cl)c4C(F)(F)F)ncc23)CC1CC#N. The van der Waals surface area contributed by atoms with Crippen molar-refractivity contribution in [3.8, 4) is 11.8 Å². The van der Waals surface area contributed by atoms with Gasteiger partial charge in [0.05, 0.1) is 46.4 Å². The highest BCUT2D eigenvalue weighted by atomic mass is 35.5. The number of likely N-dealkylation sites (N-methyl/N-ethyl adjacent to an activating group) is 1. The Balaban J connectivity index is 1.64. The average Bonchev–Trinajstić information content (AvgIpc) is 2.97. The summed E-state index contributed by atoms with van der Waals surface area (Å²) in [6, 6.07) is 5.45. The second kappa shape index (κ2) is 12.4. The van der Waals surface area contributed by atoms with Crippen molar-refractivity contribution >= 4 is 40.2 Å². The second-order valence-electron chi connectivity index (χ2n) is 10.6. The number of carbonyl (C=O) groups is 1. The molecule has 0 N–H and O–H groups in total. The lowest BCUT2D eigenvalue weighted by Crippen LogP contribution is -2.60. The number of amides is 1. The summed E-state index contributed by atoms with van der Waals surface area (Å²) in [5.74, 6) is 0.311. The predicted molar refractivity (Wildman–Crippen MR) is 160 cm³/mol. The largest absolute Gasteiger partial charge is 0.419 e. The van der Waals surface area contributed by atoms with Gasteiger partial charge in [-0.25, -0.2) is 4.98 Å². The van der Waals surface area contributed by atoms with Gasteiger partial charge in [0, 0.05) is 38.8 Å². The second-order valence-corrected chi connectivity index (χ2v) is 11.0. The Morgan fingerprint density at radius 2 is 1.91 bits per heavy atom. The molecule has 1 amide bonds. The molecule has 11 nitrogen and oxygen atoms in total. The predicted octanol–water partition coefficient (Wildman–Crippen LogP) is 3.50. The van der Waals surface area contributed by atoms with Crippen molar-refractivity contribution in [3.05, 3.63) is 58.0 Å². The van der Waals surface area contributed by atoms with Crippen molar-refractivity contribution in [1.29, 1.82) is 5.26 Å². The number of rotatable bonds is 8. The highest BCUT2D eigenvalue weighted by Crippen LogP contribution is 2.38. The smallest absolute Gasteiger partial charge is 0.352 e. The molecule has 44 heavy (non-hydrogen) atoms. The molecule has 2 saturated heterocycles. The van der Waals surface area contributed by atoms with Crippen LogP contribution < -0.4 is 15.4 Å². The van der Waals surface area contributed by atoms with Gasteiger partial charge in [-0.1, -0.05) is 38.1 Å². The van der Waals surface area contributed by atoms with Gasteiger partial charge in [0.2, 0.25) is 11.9 Å². The maximum Gasteiger partial charge on any atom is 0.419 e. The molecule has 0 bridgehead atoms. The van der Waals surface area contributed by atoms with Crippen LogP contribution in [0.25, 0.3) is 16.6 Å². The maximum absolute atomic E-state index is 14.0. The monoisotopic (exact) mass is 629 g/mol. The standard InChI is InChI=1S/C29H31ClF3N9O2/c1-4-23(43)41-13-12-39(15-18(41)10-11-34)26-20-14-35-42(22-9-7-8-21(30)24(22)29(31,32)33)27(44)25(20)36-28(37-26)40-16-19(17-40)38(5-2)6-3/h4,7-9,14,18-19H,1,5-6,10,12-13,15-17H2,2-3H3. The Hall–Kier alpha value is -4.22. The number of hydrogen-bond acceptors (Lipinski definition) is 9. The Morgan fingerprint density at radius 3 is 2.55 bits per heavy atom. The molecule has 5 rings (SSSR count). The van der Waals surface area contributed by atoms with Crippen LogP contribution in [0.4, 0.5) is 24.9 Å². The van der Waals surface area contributed by atoms with Gasteiger partial charge in [-0.05, 0) is 31.3 Å². The lowest BCUT2D eigenvalue weighted by Gasteiger charge is -2.45.